The van der Waals surface area contributed by atoms with Gasteiger partial charge in [0.05, 0.1) is 17.2 Å². The number of nitrogens with zero attached hydrogens (tertiary/aromatic N) is 3. The standard InChI is InChI=1S/C18H18FN3O2S2/c1-2-22(10-16-20-18(21-24-16)15-4-3-9-26-15)17(23)12-25-11-13-5-7-14(19)8-6-13/h3-9H,2,10-12H2,1H3. The quantitative estimate of drug-likeness (QED) is 0.575. The predicted molar refractivity (Wildman–Crippen MR) is 101 cm³/mol. The van der Waals surface area contributed by atoms with Crippen LogP contribution in [0.15, 0.2) is 46.3 Å². The number of thiophene rings is 1. The molecule has 8 heteroatoms. The van der Waals surface area contributed by atoms with Crippen LogP contribution in [-0.2, 0) is 17.1 Å². The highest BCUT2D eigenvalue weighted by atomic mass is 32.2. The average molecular weight is 391 g/mol. The number of thioether (sulfide) groups is 1. The van der Waals surface area contributed by atoms with Crippen molar-refractivity contribution in [2.45, 2.75) is 19.2 Å². The second-order valence-electron chi connectivity index (χ2n) is 5.52. The summed E-state index contributed by atoms with van der Waals surface area (Å²) in [6.07, 6.45) is 0. The van der Waals surface area contributed by atoms with Gasteiger partial charge in [-0.2, -0.15) is 4.98 Å². The Morgan fingerprint density at radius 3 is 2.81 bits per heavy atom. The minimum atomic E-state index is -0.256. The molecule has 1 amide bonds. The number of carbonyl (C=O) groups is 1. The predicted octanol–water partition coefficient (Wildman–Crippen LogP) is 4.22. The Bertz CT molecular complexity index is 835. The van der Waals surface area contributed by atoms with E-state index in [1.165, 1.54) is 35.2 Å². The van der Waals surface area contributed by atoms with E-state index in [4.69, 9.17) is 4.52 Å². The summed E-state index contributed by atoms with van der Waals surface area (Å²) < 4.78 is 18.2. The van der Waals surface area contributed by atoms with Gasteiger partial charge < -0.3 is 9.42 Å². The molecule has 0 aliphatic carbocycles. The molecule has 0 saturated carbocycles. The summed E-state index contributed by atoms with van der Waals surface area (Å²) in [6.45, 7) is 2.77. The highest BCUT2D eigenvalue weighted by molar-refractivity contribution is 7.99. The van der Waals surface area contributed by atoms with Crippen molar-refractivity contribution in [2.24, 2.45) is 0 Å². The van der Waals surface area contributed by atoms with E-state index >= 15 is 0 Å². The molecule has 0 radical (unpaired) electrons. The first-order valence-corrected chi connectivity index (χ1v) is 10.2. The molecule has 0 aliphatic rings. The molecule has 1 aromatic carbocycles. The van der Waals surface area contributed by atoms with Crippen LogP contribution in [0.2, 0.25) is 0 Å². The van der Waals surface area contributed by atoms with E-state index in [0.717, 1.165) is 10.4 Å². The van der Waals surface area contributed by atoms with Gasteiger partial charge in [0.2, 0.25) is 17.6 Å². The zero-order valence-electron chi connectivity index (χ0n) is 14.2. The summed E-state index contributed by atoms with van der Waals surface area (Å²) in [5.74, 6) is 1.73. The van der Waals surface area contributed by atoms with Crippen LogP contribution in [0.5, 0.6) is 0 Å². The fourth-order valence-electron chi connectivity index (χ4n) is 2.29. The fraction of sp³-hybridized carbons (Fsp3) is 0.278. The van der Waals surface area contributed by atoms with Gasteiger partial charge in [-0.3, -0.25) is 4.79 Å². The molecule has 3 aromatic rings. The third-order valence-electron chi connectivity index (χ3n) is 3.68. The number of benzene rings is 1. The number of hydrogen-bond acceptors (Lipinski definition) is 6. The first kappa shape index (κ1) is 18.6. The zero-order valence-corrected chi connectivity index (χ0v) is 15.9. The van der Waals surface area contributed by atoms with Gasteiger partial charge in [-0.25, -0.2) is 4.39 Å². The lowest BCUT2D eigenvalue weighted by Crippen LogP contribution is -2.31. The Labute approximate surface area is 159 Å². The summed E-state index contributed by atoms with van der Waals surface area (Å²) in [4.78, 5) is 19.4. The molecule has 0 N–H and O–H groups in total. The molecule has 3 rings (SSSR count). The summed E-state index contributed by atoms with van der Waals surface area (Å²) >= 11 is 3.04. The van der Waals surface area contributed by atoms with Crippen LogP contribution in [0.25, 0.3) is 10.7 Å². The minimum Gasteiger partial charge on any atom is -0.337 e. The van der Waals surface area contributed by atoms with Gasteiger partial charge in [0.1, 0.15) is 5.82 Å². The number of carbonyl (C=O) groups excluding carboxylic acids is 1. The lowest BCUT2D eigenvalue weighted by atomic mass is 10.2. The molecule has 0 unspecified atom stereocenters. The van der Waals surface area contributed by atoms with Gasteiger partial charge in [-0.1, -0.05) is 23.4 Å². The molecule has 0 fully saturated rings. The molecule has 5 nitrogen and oxygen atoms in total. The maximum atomic E-state index is 12.9. The maximum Gasteiger partial charge on any atom is 0.246 e. The van der Waals surface area contributed by atoms with Crippen LogP contribution >= 0.6 is 23.1 Å². The Balaban J connectivity index is 1.51. The van der Waals surface area contributed by atoms with Crippen molar-refractivity contribution in [3.8, 4) is 10.7 Å². The molecule has 26 heavy (non-hydrogen) atoms. The van der Waals surface area contributed by atoms with Crippen LogP contribution in [-0.4, -0.2) is 33.2 Å². The van der Waals surface area contributed by atoms with Gasteiger partial charge >= 0.3 is 0 Å². The van der Waals surface area contributed by atoms with Crippen molar-refractivity contribution >= 4 is 29.0 Å². The topological polar surface area (TPSA) is 59.2 Å². The SMILES string of the molecule is CCN(Cc1nc(-c2cccs2)no1)C(=O)CSCc1ccc(F)cc1. The zero-order chi connectivity index (χ0) is 18.4. The summed E-state index contributed by atoms with van der Waals surface area (Å²) in [5, 5.41) is 5.91. The van der Waals surface area contributed by atoms with Gasteiger partial charge in [0.15, 0.2) is 0 Å². The molecule has 0 saturated heterocycles. The van der Waals surface area contributed by atoms with E-state index in [2.05, 4.69) is 10.1 Å². The van der Waals surface area contributed by atoms with Crippen molar-refractivity contribution in [1.29, 1.82) is 0 Å². The van der Waals surface area contributed by atoms with Gasteiger partial charge in [0, 0.05) is 12.3 Å². The van der Waals surface area contributed by atoms with Crippen LogP contribution in [0.3, 0.4) is 0 Å². The van der Waals surface area contributed by atoms with Crippen molar-refractivity contribution in [3.63, 3.8) is 0 Å². The van der Waals surface area contributed by atoms with Crippen LogP contribution in [0, 0.1) is 5.82 Å². The van der Waals surface area contributed by atoms with E-state index in [1.807, 2.05) is 24.4 Å². The van der Waals surface area contributed by atoms with Crippen molar-refractivity contribution in [1.82, 2.24) is 15.0 Å². The van der Waals surface area contributed by atoms with Crippen molar-refractivity contribution < 1.29 is 13.7 Å². The first-order chi connectivity index (χ1) is 12.7. The fourth-order valence-corrected chi connectivity index (χ4v) is 3.83. The van der Waals surface area contributed by atoms with Crippen LogP contribution in [0.1, 0.15) is 18.4 Å². The Hall–Kier alpha value is -2.19. The average Bonchev–Trinajstić information content (AvgIpc) is 3.32. The Kier molecular flexibility index (Phi) is 6.40. The third kappa shape index (κ3) is 4.92. The van der Waals surface area contributed by atoms with Crippen molar-refractivity contribution in [2.75, 3.05) is 12.3 Å². The summed E-state index contributed by atoms with van der Waals surface area (Å²) in [5.41, 5.74) is 0.990. The van der Waals surface area contributed by atoms with E-state index in [0.29, 0.717) is 36.3 Å². The second kappa shape index (κ2) is 8.95. The van der Waals surface area contributed by atoms with Crippen LogP contribution < -0.4 is 0 Å². The lowest BCUT2D eigenvalue weighted by molar-refractivity contribution is -0.129. The Morgan fingerprint density at radius 2 is 2.12 bits per heavy atom. The van der Waals surface area contributed by atoms with Gasteiger partial charge in [0.25, 0.3) is 0 Å². The highest BCUT2D eigenvalue weighted by Gasteiger charge is 2.17. The first-order valence-electron chi connectivity index (χ1n) is 8.12. The normalized spacial score (nSPS) is 10.8. The molecule has 0 bridgehead atoms. The summed E-state index contributed by atoms with van der Waals surface area (Å²) in [6, 6.07) is 10.2. The second-order valence-corrected chi connectivity index (χ2v) is 7.45. The molecular formula is C18H18FN3O2S2. The number of rotatable bonds is 8. The van der Waals surface area contributed by atoms with E-state index in [9.17, 15) is 9.18 Å². The monoisotopic (exact) mass is 391 g/mol. The third-order valence-corrected chi connectivity index (χ3v) is 5.53. The van der Waals surface area contributed by atoms with Crippen molar-refractivity contribution in [3.05, 3.63) is 59.0 Å². The van der Waals surface area contributed by atoms with Crippen LogP contribution in [0.4, 0.5) is 4.39 Å². The Morgan fingerprint density at radius 1 is 1.31 bits per heavy atom. The minimum absolute atomic E-state index is 0.00971. The van der Waals surface area contributed by atoms with E-state index in [-0.39, 0.29) is 11.7 Å². The number of aromatic nitrogens is 2. The van der Waals surface area contributed by atoms with Gasteiger partial charge in [-0.05, 0) is 36.1 Å². The van der Waals surface area contributed by atoms with E-state index in [1.54, 1.807) is 17.0 Å². The van der Waals surface area contributed by atoms with E-state index < -0.39 is 0 Å². The molecule has 2 heterocycles. The smallest absolute Gasteiger partial charge is 0.246 e. The molecule has 0 atom stereocenters. The molecule has 0 spiro atoms. The number of amides is 1. The summed E-state index contributed by atoms with van der Waals surface area (Å²) in [7, 11) is 0. The largest absolute Gasteiger partial charge is 0.337 e. The highest BCUT2D eigenvalue weighted by Crippen LogP contribution is 2.21. The molecule has 136 valence electrons. The molecular weight excluding hydrogens is 373 g/mol. The molecule has 0 aliphatic heterocycles. The maximum absolute atomic E-state index is 12.9. The lowest BCUT2D eigenvalue weighted by Gasteiger charge is -2.18. The molecule has 2 aromatic heterocycles. The number of halogens is 1. The number of hydrogen-bond donors (Lipinski definition) is 0. The van der Waals surface area contributed by atoms with Gasteiger partial charge in [-0.15, -0.1) is 23.1 Å².